The molecule has 2 saturated heterocycles. The number of nitrogens with zero attached hydrogens (tertiary/aromatic N) is 3. The summed E-state index contributed by atoms with van der Waals surface area (Å²) in [5.41, 5.74) is 0.742. The zero-order valence-electron chi connectivity index (χ0n) is 21.0. The predicted molar refractivity (Wildman–Crippen MR) is 147 cm³/mol. The van der Waals surface area contributed by atoms with Crippen LogP contribution < -0.4 is 9.80 Å². The van der Waals surface area contributed by atoms with Crippen molar-refractivity contribution in [1.29, 1.82) is 0 Å². The van der Waals surface area contributed by atoms with Crippen molar-refractivity contribution >= 4 is 44.8 Å². The van der Waals surface area contributed by atoms with Crippen LogP contribution in [-0.2, 0) is 9.59 Å². The van der Waals surface area contributed by atoms with Crippen molar-refractivity contribution in [2.24, 2.45) is 17.8 Å². The summed E-state index contributed by atoms with van der Waals surface area (Å²) >= 11 is 3.50. The fourth-order valence-electron chi connectivity index (χ4n) is 7.12. The maximum Gasteiger partial charge on any atom is 0.294 e. The van der Waals surface area contributed by atoms with Gasteiger partial charge in [0.25, 0.3) is 5.69 Å². The quantitative estimate of drug-likeness (QED) is 0.216. The van der Waals surface area contributed by atoms with Gasteiger partial charge in [0, 0.05) is 23.0 Å². The monoisotopic (exact) mass is 579 g/mol. The van der Waals surface area contributed by atoms with Crippen LogP contribution in [0.1, 0.15) is 56.6 Å². The normalized spacial score (nSPS) is 30.8. The maximum atomic E-state index is 13.1. The molecular weight excluding hydrogens is 550 g/mol. The average Bonchev–Trinajstić information content (AvgIpc) is 3.17. The number of imide groups is 1. The van der Waals surface area contributed by atoms with E-state index in [0.29, 0.717) is 31.5 Å². The number of carbonyl (C=O) groups excluding carboxylic acids is 2. The highest BCUT2D eigenvalue weighted by Gasteiger charge is 2.51. The number of nitro benzene ring substituents is 1. The van der Waals surface area contributed by atoms with Gasteiger partial charge in [-0.05, 0) is 61.9 Å². The number of rotatable bonds is 4. The summed E-state index contributed by atoms with van der Waals surface area (Å²) in [5.74, 6) is -1.45. The van der Waals surface area contributed by atoms with Crippen molar-refractivity contribution in [3.8, 4) is 0 Å². The lowest BCUT2D eigenvalue weighted by Crippen LogP contribution is -2.55. The fraction of sp³-hybridized carbons (Fsp3) is 0.448. The van der Waals surface area contributed by atoms with Crippen LogP contribution in [0.4, 0.5) is 17.1 Å². The number of hydrogen-bond acceptors (Lipinski definition) is 6. The molecule has 0 bridgehead atoms. The van der Waals surface area contributed by atoms with Gasteiger partial charge in [-0.1, -0.05) is 53.1 Å². The molecular formula is C29H30BrN3O5. The molecule has 9 heteroatoms. The third-order valence-electron chi connectivity index (χ3n) is 9.01. The van der Waals surface area contributed by atoms with Gasteiger partial charge in [0.2, 0.25) is 11.8 Å². The van der Waals surface area contributed by atoms with E-state index in [0.717, 1.165) is 40.6 Å². The first-order chi connectivity index (χ1) is 18.3. The van der Waals surface area contributed by atoms with Crippen molar-refractivity contribution in [3.05, 3.63) is 74.8 Å². The molecule has 2 aromatic rings. The molecule has 3 fully saturated rings. The van der Waals surface area contributed by atoms with E-state index in [1.807, 2.05) is 41.3 Å². The van der Waals surface area contributed by atoms with Gasteiger partial charge in [-0.2, -0.15) is 0 Å². The van der Waals surface area contributed by atoms with Crippen LogP contribution in [0, 0.1) is 27.9 Å². The van der Waals surface area contributed by atoms with E-state index >= 15 is 0 Å². The Morgan fingerprint density at radius 1 is 0.974 bits per heavy atom. The third-order valence-corrected chi connectivity index (χ3v) is 9.54. The van der Waals surface area contributed by atoms with E-state index in [1.165, 1.54) is 6.07 Å². The summed E-state index contributed by atoms with van der Waals surface area (Å²) in [4.78, 5) is 41.4. The van der Waals surface area contributed by atoms with Crippen molar-refractivity contribution in [2.75, 3.05) is 16.3 Å². The first kappa shape index (κ1) is 25.2. The molecule has 0 radical (unpaired) electrons. The van der Waals surface area contributed by atoms with Crippen LogP contribution in [0.3, 0.4) is 0 Å². The average molecular weight is 580 g/mol. The van der Waals surface area contributed by atoms with Gasteiger partial charge in [0.15, 0.2) is 0 Å². The molecule has 6 rings (SSSR count). The van der Waals surface area contributed by atoms with Gasteiger partial charge in [-0.3, -0.25) is 19.7 Å². The Morgan fingerprint density at radius 2 is 1.66 bits per heavy atom. The Balaban J connectivity index is 1.41. The van der Waals surface area contributed by atoms with E-state index in [9.17, 15) is 24.8 Å². The van der Waals surface area contributed by atoms with E-state index < -0.39 is 22.4 Å². The number of benzene rings is 2. The van der Waals surface area contributed by atoms with Gasteiger partial charge < -0.3 is 10.0 Å². The first-order valence-electron chi connectivity index (χ1n) is 13.3. The zero-order valence-corrected chi connectivity index (χ0v) is 22.5. The molecule has 38 heavy (non-hydrogen) atoms. The lowest BCUT2D eigenvalue weighted by Gasteiger charge is -2.53. The second-order valence-electron chi connectivity index (χ2n) is 11.0. The molecule has 1 N–H and O–H groups in total. The lowest BCUT2D eigenvalue weighted by molar-refractivity contribution is -0.384. The minimum Gasteiger partial charge on any atom is -0.389 e. The van der Waals surface area contributed by atoms with Crippen LogP contribution in [0.5, 0.6) is 0 Å². The molecule has 2 heterocycles. The number of aliphatic hydroxyl groups is 1. The number of carbonyl (C=O) groups is 2. The summed E-state index contributed by atoms with van der Waals surface area (Å²) < 4.78 is 0.938. The van der Waals surface area contributed by atoms with Gasteiger partial charge in [-0.15, -0.1) is 0 Å². The molecule has 4 aliphatic rings. The molecule has 8 nitrogen and oxygen atoms in total. The number of allylic oxidation sites excluding steroid dienone is 2. The van der Waals surface area contributed by atoms with Gasteiger partial charge in [-0.25, -0.2) is 4.90 Å². The Bertz CT molecular complexity index is 1300. The number of fused-ring (bicyclic) bond motifs is 2. The number of hydrogen-bond donors (Lipinski definition) is 1. The van der Waals surface area contributed by atoms with E-state index in [2.05, 4.69) is 15.9 Å². The molecule has 2 aliphatic carbocycles. The molecule has 0 aromatic heterocycles. The maximum absolute atomic E-state index is 13.1. The highest BCUT2D eigenvalue weighted by atomic mass is 79.9. The molecule has 2 amide bonds. The predicted octanol–water partition coefficient (Wildman–Crippen LogP) is 5.69. The molecule has 198 valence electrons. The topological polar surface area (TPSA) is 104 Å². The summed E-state index contributed by atoms with van der Waals surface area (Å²) in [6.45, 7) is 0.464. The number of amides is 2. The molecule has 1 saturated carbocycles. The first-order valence-corrected chi connectivity index (χ1v) is 14.1. The standard InChI is InChI=1S/C29H30BrN3O5/c30-19-10-8-18(9-11-19)26-23-7-3-4-14-29(23,36)15-16-31(26)24-13-12-20(17-25(24)33(37)38)32-27(34)21-5-1-2-6-22(21)28(32)35/h1-2,8-13,17,21-23,26,36H,3-7,14-16H2/t21-,22+,23-,26-,29-/m1/s1. The molecule has 2 aliphatic heterocycles. The molecule has 0 unspecified atom stereocenters. The second kappa shape index (κ2) is 9.61. The molecule has 2 aromatic carbocycles. The largest absolute Gasteiger partial charge is 0.389 e. The fourth-order valence-corrected chi connectivity index (χ4v) is 7.38. The Morgan fingerprint density at radius 3 is 2.32 bits per heavy atom. The van der Waals surface area contributed by atoms with Crippen molar-refractivity contribution in [2.45, 2.75) is 56.6 Å². The smallest absolute Gasteiger partial charge is 0.294 e. The zero-order chi connectivity index (χ0) is 26.6. The van der Waals surface area contributed by atoms with E-state index in [4.69, 9.17) is 0 Å². The van der Waals surface area contributed by atoms with Crippen molar-refractivity contribution < 1.29 is 19.6 Å². The highest BCUT2D eigenvalue weighted by molar-refractivity contribution is 9.10. The number of halogens is 1. The Hall–Kier alpha value is -3.04. The van der Waals surface area contributed by atoms with Gasteiger partial charge in [0.05, 0.1) is 34.1 Å². The third kappa shape index (κ3) is 4.07. The van der Waals surface area contributed by atoms with Crippen molar-refractivity contribution in [1.82, 2.24) is 0 Å². The van der Waals surface area contributed by atoms with E-state index in [-0.39, 0.29) is 35.1 Å². The van der Waals surface area contributed by atoms with Crippen LogP contribution in [0.2, 0.25) is 0 Å². The molecule has 0 spiro atoms. The number of piperidine rings is 1. The summed E-state index contributed by atoms with van der Waals surface area (Å²) in [6, 6.07) is 12.4. The lowest BCUT2D eigenvalue weighted by atomic mass is 9.66. The second-order valence-corrected chi connectivity index (χ2v) is 11.9. The minimum absolute atomic E-state index is 0.0668. The number of nitro groups is 1. The SMILES string of the molecule is O=C1[C@H]2CC=CC[C@H]2C(=O)N1c1ccc(N2CC[C@]3(O)CCCC[C@@H]3[C@H]2c2ccc(Br)cc2)c([N+](=O)[O-])c1. The van der Waals surface area contributed by atoms with Crippen LogP contribution in [0.25, 0.3) is 0 Å². The summed E-state index contributed by atoms with van der Waals surface area (Å²) in [6.07, 6.45) is 8.96. The highest BCUT2D eigenvalue weighted by Crippen LogP contribution is 2.52. The van der Waals surface area contributed by atoms with Crippen LogP contribution >= 0.6 is 15.9 Å². The Labute approximate surface area is 229 Å². The molecule has 5 atom stereocenters. The Kier molecular flexibility index (Phi) is 6.39. The van der Waals surface area contributed by atoms with E-state index in [1.54, 1.807) is 12.1 Å². The van der Waals surface area contributed by atoms with Crippen LogP contribution in [-0.4, -0.2) is 34.0 Å². The van der Waals surface area contributed by atoms with Crippen molar-refractivity contribution in [3.63, 3.8) is 0 Å². The summed E-state index contributed by atoms with van der Waals surface area (Å²) in [5, 5.41) is 24.0. The minimum atomic E-state index is -0.806. The van der Waals surface area contributed by atoms with Gasteiger partial charge in [0.1, 0.15) is 5.69 Å². The summed E-state index contributed by atoms with van der Waals surface area (Å²) in [7, 11) is 0. The van der Waals surface area contributed by atoms with Gasteiger partial charge >= 0.3 is 0 Å². The number of anilines is 2. The van der Waals surface area contributed by atoms with Crippen LogP contribution in [0.15, 0.2) is 59.1 Å².